The molecule has 0 atom stereocenters. The lowest BCUT2D eigenvalue weighted by atomic mass is 9.99. The minimum Gasteiger partial charge on any atom is -0.377 e. The molecule has 0 fully saturated rings. The number of ether oxygens (including phenoxy) is 1. The maximum atomic E-state index is 12.1. The highest BCUT2D eigenvalue weighted by Gasteiger charge is 2.21. The molecule has 1 aromatic carbocycles. The van der Waals surface area contributed by atoms with Crippen LogP contribution < -0.4 is 5.69 Å². The molecule has 0 saturated carbocycles. The molecule has 2 heterocycles. The lowest BCUT2D eigenvalue weighted by Crippen LogP contribution is -2.19. The van der Waals surface area contributed by atoms with Crippen molar-refractivity contribution in [3.63, 3.8) is 0 Å². The zero-order valence-electron chi connectivity index (χ0n) is 11.8. The molecule has 2 aromatic rings. The second-order valence-electron chi connectivity index (χ2n) is 5.07. The second kappa shape index (κ2) is 4.85. The molecule has 0 saturated heterocycles. The minimum atomic E-state index is -0.430. The molecule has 110 valence electrons. The lowest BCUT2D eigenvalue weighted by Gasteiger charge is -2.15. The Hall–Kier alpha value is -2.41. The van der Waals surface area contributed by atoms with Crippen molar-refractivity contribution in [1.29, 1.82) is 0 Å². The largest absolute Gasteiger partial charge is 0.377 e. The van der Waals surface area contributed by atoms with Crippen molar-refractivity contribution in [2.24, 2.45) is 14.1 Å². The number of imidazole rings is 1. The van der Waals surface area contributed by atoms with Crippen molar-refractivity contribution >= 4 is 22.3 Å². The molecule has 0 radical (unpaired) electrons. The molecule has 3 rings (SSSR count). The van der Waals surface area contributed by atoms with Gasteiger partial charge in [-0.25, -0.2) is 4.79 Å². The number of rotatable bonds is 2. The third kappa shape index (κ3) is 2.06. The number of nitro benzene ring substituents is 1. The van der Waals surface area contributed by atoms with E-state index in [4.69, 9.17) is 4.74 Å². The molecule has 0 bridgehead atoms. The van der Waals surface area contributed by atoms with Crippen LogP contribution in [0.5, 0.6) is 0 Å². The predicted octanol–water partition coefficient (Wildman–Crippen LogP) is 1.59. The number of non-ortho nitro benzene ring substituents is 1. The summed E-state index contributed by atoms with van der Waals surface area (Å²) in [4.78, 5) is 22.8. The van der Waals surface area contributed by atoms with E-state index in [9.17, 15) is 14.9 Å². The van der Waals surface area contributed by atoms with E-state index < -0.39 is 4.92 Å². The summed E-state index contributed by atoms with van der Waals surface area (Å²) >= 11 is 0. The normalized spacial score (nSPS) is 15.2. The van der Waals surface area contributed by atoms with Crippen LogP contribution in [0.4, 0.5) is 5.69 Å². The standard InChI is InChI=1S/C14H15N3O4/c1-15-12-8-10(17(19)20)7-11(9-3-5-21-6-4-9)13(12)16(2)14(15)18/h3,7-8H,4-6H2,1-2H3. The number of nitro groups is 1. The van der Waals surface area contributed by atoms with E-state index in [0.717, 1.165) is 16.7 Å². The van der Waals surface area contributed by atoms with Crippen LogP contribution in [-0.2, 0) is 18.8 Å². The van der Waals surface area contributed by atoms with Gasteiger partial charge in [-0.15, -0.1) is 0 Å². The van der Waals surface area contributed by atoms with Gasteiger partial charge in [-0.05, 0) is 12.0 Å². The van der Waals surface area contributed by atoms with Crippen molar-refractivity contribution in [1.82, 2.24) is 9.13 Å². The Kier molecular flexibility index (Phi) is 3.13. The molecule has 1 aliphatic heterocycles. The van der Waals surface area contributed by atoms with E-state index in [1.54, 1.807) is 20.2 Å². The molecule has 0 spiro atoms. The zero-order chi connectivity index (χ0) is 15.1. The highest BCUT2D eigenvalue weighted by Crippen LogP contribution is 2.31. The Bertz CT molecular complexity index is 829. The van der Waals surface area contributed by atoms with Crippen molar-refractivity contribution in [3.05, 3.63) is 44.4 Å². The Balaban J connectivity index is 2.40. The van der Waals surface area contributed by atoms with Gasteiger partial charge < -0.3 is 4.74 Å². The number of nitrogens with zero attached hydrogens (tertiary/aromatic N) is 3. The smallest absolute Gasteiger partial charge is 0.328 e. The van der Waals surface area contributed by atoms with Gasteiger partial charge in [0.2, 0.25) is 0 Å². The number of benzene rings is 1. The third-order valence-corrected chi connectivity index (χ3v) is 3.87. The SMILES string of the molecule is Cn1c(=O)n(C)c2c(C3=CCOCC3)cc([N+](=O)[O-])cc21. The molecule has 7 heteroatoms. The summed E-state index contributed by atoms with van der Waals surface area (Å²) in [6, 6.07) is 2.99. The first-order chi connectivity index (χ1) is 10.0. The Labute approximate surface area is 120 Å². The topological polar surface area (TPSA) is 79.3 Å². The van der Waals surface area contributed by atoms with Crippen LogP contribution in [-0.4, -0.2) is 27.3 Å². The van der Waals surface area contributed by atoms with Crippen LogP contribution in [0.25, 0.3) is 16.6 Å². The van der Waals surface area contributed by atoms with Crippen molar-refractivity contribution in [2.45, 2.75) is 6.42 Å². The fraction of sp³-hybridized carbons (Fsp3) is 0.357. The van der Waals surface area contributed by atoms with E-state index in [-0.39, 0.29) is 11.4 Å². The molecule has 7 nitrogen and oxygen atoms in total. The molecule has 1 aromatic heterocycles. The summed E-state index contributed by atoms with van der Waals surface area (Å²) < 4.78 is 8.25. The number of aromatic nitrogens is 2. The van der Waals surface area contributed by atoms with Gasteiger partial charge in [0.1, 0.15) is 0 Å². The second-order valence-corrected chi connectivity index (χ2v) is 5.07. The first-order valence-electron chi connectivity index (χ1n) is 6.61. The van der Waals surface area contributed by atoms with Gasteiger partial charge in [0.05, 0.1) is 29.2 Å². The average molecular weight is 289 g/mol. The summed E-state index contributed by atoms with van der Waals surface area (Å²) in [5.74, 6) is 0. The zero-order valence-corrected chi connectivity index (χ0v) is 11.8. The van der Waals surface area contributed by atoms with Crippen LogP contribution in [0.1, 0.15) is 12.0 Å². The van der Waals surface area contributed by atoms with E-state index in [2.05, 4.69) is 0 Å². The van der Waals surface area contributed by atoms with Crippen LogP contribution in [0.2, 0.25) is 0 Å². The van der Waals surface area contributed by atoms with E-state index in [1.807, 2.05) is 6.08 Å². The van der Waals surface area contributed by atoms with Gasteiger partial charge in [0, 0.05) is 31.8 Å². The summed E-state index contributed by atoms with van der Waals surface area (Å²) in [7, 11) is 3.30. The molecule has 0 N–H and O–H groups in total. The van der Waals surface area contributed by atoms with Gasteiger partial charge in [0.15, 0.2) is 0 Å². The summed E-state index contributed by atoms with van der Waals surface area (Å²) in [5.41, 5.74) is 2.81. The first kappa shape index (κ1) is 13.6. The summed E-state index contributed by atoms with van der Waals surface area (Å²) in [6.07, 6.45) is 2.60. The fourth-order valence-electron chi connectivity index (χ4n) is 2.76. The molecule has 0 amide bonds. The fourth-order valence-corrected chi connectivity index (χ4v) is 2.76. The quantitative estimate of drug-likeness (QED) is 0.621. The van der Waals surface area contributed by atoms with Crippen molar-refractivity contribution in [2.75, 3.05) is 13.2 Å². The van der Waals surface area contributed by atoms with Crippen molar-refractivity contribution < 1.29 is 9.66 Å². The third-order valence-electron chi connectivity index (χ3n) is 3.87. The van der Waals surface area contributed by atoms with Gasteiger partial charge >= 0.3 is 5.69 Å². The number of fused-ring (bicyclic) bond motifs is 1. The molecular weight excluding hydrogens is 274 g/mol. The Morgan fingerprint density at radius 1 is 1.29 bits per heavy atom. The molecule has 0 aliphatic carbocycles. The minimum absolute atomic E-state index is 0.00825. The summed E-state index contributed by atoms with van der Waals surface area (Å²) in [5, 5.41) is 11.1. The maximum Gasteiger partial charge on any atom is 0.328 e. The van der Waals surface area contributed by atoms with Gasteiger partial charge in [-0.1, -0.05) is 6.08 Å². The Morgan fingerprint density at radius 3 is 2.67 bits per heavy atom. The number of hydrogen-bond donors (Lipinski definition) is 0. The number of aryl methyl sites for hydroxylation is 2. The molecule has 1 aliphatic rings. The maximum absolute atomic E-state index is 12.1. The Morgan fingerprint density at radius 2 is 2.05 bits per heavy atom. The van der Waals surface area contributed by atoms with Crippen molar-refractivity contribution in [3.8, 4) is 0 Å². The van der Waals surface area contributed by atoms with Crippen LogP contribution in [0.15, 0.2) is 23.0 Å². The monoisotopic (exact) mass is 289 g/mol. The first-order valence-corrected chi connectivity index (χ1v) is 6.61. The average Bonchev–Trinajstić information content (AvgIpc) is 2.72. The number of hydrogen-bond acceptors (Lipinski definition) is 4. The van der Waals surface area contributed by atoms with Gasteiger partial charge in [-0.2, -0.15) is 0 Å². The molecular formula is C14H15N3O4. The highest BCUT2D eigenvalue weighted by atomic mass is 16.6. The van der Waals surface area contributed by atoms with Crippen LogP contribution >= 0.6 is 0 Å². The molecule has 21 heavy (non-hydrogen) atoms. The van der Waals surface area contributed by atoms with Gasteiger partial charge in [-0.3, -0.25) is 19.2 Å². The van der Waals surface area contributed by atoms with E-state index in [1.165, 1.54) is 15.2 Å². The van der Waals surface area contributed by atoms with Crippen LogP contribution in [0.3, 0.4) is 0 Å². The highest BCUT2D eigenvalue weighted by molar-refractivity contribution is 5.92. The molecule has 0 unspecified atom stereocenters. The van der Waals surface area contributed by atoms with E-state index in [0.29, 0.717) is 25.2 Å². The predicted molar refractivity (Wildman–Crippen MR) is 78.2 cm³/mol. The lowest BCUT2D eigenvalue weighted by molar-refractivity contribution is -0.384. The van der Waals surface area contributed by atoms with Crippen LogP contribution in [0, 0.1) is 10.1 Å². The van der Waals surface area contributed by atoms with E-state index >= 15 is 0 Å². The van der Waals surface area contributed by atoms with Gasteiger partial charge in [0.25, 0.3) is 5.69 Å². The summed E-state index contributed by atoms with van der Waals surface area (Å²) in [6.45, 7) is 1.07.